The van der Waals surface area contributed by atoms with E-state index in [1.165, 1.54) is 0 Å². The summed E-state index contributed by atoms with van der Waals surface area (Å²) in [6, 6.07) is 36.9. The van der Waals surface area contributed by atoms with Crippen LogP contribution >= 0.6 is 0 Å². The molecule has 2 heterocycles. The van der Waals surface area contributed by atoms with Crippen LogP contribution in [0.1, 0.15) is 0 Å². The molecule has 1 radical (unpaired) electrons. The number of nitrogens with zero attached hydrogens (tertiary/aromatic N) is 4. The fraction of sp³-hybridized carbons (Fsp3) is 0. The fourth-order valence-electron chi connectivity index (χ4n) is 3.33. The Morgan fingerprint density at radius 3 is 2.09 bits per heavy atom. The van der Waals surface area contributed by atoms with Crippen molar-refractivity contribution in [2.75, 3.05) is 0 Å². The predicted molar refractivity (Wildman–Crippen MR) is 135 cm³/mol. The predicted octanol–water partition coefficient (Wildman–Crippen LogP) is 7.86. The van der Waals surface area contributed by atoms with Gasteiger partial charge in [0.2, 0.25) is 0 Å². The Morgan fingerprint density at radius 2 is 1.40 bits per heavy atom. The van der Waals surface area contributed by atoms with Gasteiger partial charge < -0.3 is 9.97 Å². The second-order valence-electron chi connectivity index (χ2n) is 7.10. The van der Waals surface area contributed by atoms with E-state index in [2.05, 4.69) is 31.8 Å². The molecule has 0 unspecified atom stereocenters. The van der Waals surface area contributed by atoms with Crippen LogP contribution in [0.4, 0.5) is 11.4 Å². The largest absolute Gasteiger partial charge is 0.305 e. The molecule has 4 nitrogen and oxygen atoms in total. The zero-order valence-electron chi connectivity index (χ0n) is 18.5. The summed E-state index contributed by atoms with van der Waals surface area (Å²) in [7, 11) is 0. The average Bonchev–Trinajstić information content (AvgIpc) is 2.94. The van der Waals surface area contributed by atoms with Crippen LogP contribution < -0.4 is 0 Å². The van der Waals surface area contributed by atoms with Gasteiger partial charge in [-0.15, -0.1) is 48.0 Å². The first-order chi connectivity index (χ1) is 16.8. The zero-order valence-corrected chi connectivity index (χ0v) is 20.9. The minimum atomic E-state index is 0. The molecule has 0 atom stereocenters. The molecule has 0 amide bonds. The first kappa shape index (κ1) is 25.2. The molecule has 0 aliphatic heterocycles. The molecule has 5 aromatic rings. The van der Waals surface area contributed by atoms with Gasteiger partial charge in [0.05, 0.1) is 13.1 Å². The number of hydrogen-bond acceptors (Lipinski definition) is 2. The van der Waals surface area contributed by atoms with Crippen LogP contribution in [-0.2, 0) is 20.1 Å². The quantitative estimate of drug-likeness (QED) is 0.191. The van der Waals surface area contributed by atoms with Gasteiger partial charge in [0.25, 0.3) is 0 Å². The molecule has 0 aliphatic carbocycles. The van der Waals surface area contributed by atoms with Gasteiger partial charge in [0.15, 0.2) is 11.4 Å². The molecule has 35 heavy (non-hydrogen) atoms. The number of pyridine rings is 2. The van der Waals surface area contributed by atoms with E-state index in [-0.39, 0.29) is 20.1 Å². The van der Waals surface area contributed by atoms with Crippen molar-refractivity contribution in [2.24, 2.45) is 0 Å². The van der Waals surface area contributed by atoms with Gasteiger partial charge in [-0.05, 0) is 34.6 Å². The Balaban J connectivity index is 0.000000223. The normalized spacial score (nSPS) is 9.43. The van der Waals surface area contributed by atoms with Gasteiger partial charge in [-0.3, -0.25) is 9.69 Å². The third-order valence-corrected chi connectivity index (χ3v) is 4.95. The third kappa shape index (κ3) is 6.34. The summed E-state index contributed by atoms with van der Waals surface area (Å²) in [6.07, 6.45) is 3.50. The van der Waals surface area contributed by atoms with E-state index in [9.17, 15) is 0 Å². The van der Waals surface area contributed by atoms with Crippen LogP contribution in [0, 0.1) is 25.3 Å². The van der Waals surface area contributed by atoms with E-state index in [0.717, 1.165) is 22.4 Å². The first-order valence-electron chi connectivity index (χ1n) is 10.5. The second kappa shape index (κ2) is 12.7. The maximum atomic E-state index is 7.33. The molecule has 0 fully saturated rings. The van der Waals surface area contributed by atoms with E-state index in [4.69, 9.17) is 13.1 Å². The van der Waals surface area contributed by atoms with Crippen molar-refractivity contribution < 1.29 is 20.1 Å². The number of benzene rings is 3. The molecule has 0 saturated carbocycles. The molecule has 0 N–H and O–H groups in total. The topological polar surface area (TPSA) is 34.5 Å². The Bertz CT molecular complexity index is 1420. The monoisotopic (exact) mass is 627 g/mol. The molecule has 5 rings (SSSR count). The molecule has 0 bridgehead atoms. The Hall–Kier alpha value is -4.41. The van der Waals surface area contributed by atoms with Crippen molar-refractivity contribution >= 4 is 11.4 Å². The fourth-order valence-corrected chi connectivity index (χ4v) is 3.33. The molecule has 5 heteroatoms. The van der Waals surface area contributed by atoms with Gasteiger partial charge in [-0.1, -0.05) is 54.1 Å². The average molecular weight is 627 g/mol. The molecule has 0 saturated heterocycles. The van der Waals surface area contributed by atoms with Gasteiger partial charge in [0, 0.05) is 32.5 Å². The van der Waals surface area contributed by atoms with Crippen molar-refractivity contribution in [3.05, 3.63) is 144 Å². The Labute approximate surface area is 219 Å². The summed E-state index contributed by atoms with van der Waals surface area (Å²) in [5.41, 5.74) is 5.96. The molecule has 2 aromatic heterocycles. The summed E-state index contributed by atoms with van der Waals surface area (Å²) in [6.45, 7) is 14.5. The summed E-state index contributed by atoms with van der Waals surface area (Å²) in [5.74, 6) is 0. The first-order valence-corrected chi connectivity index (χ1v) is 10.5. The molecule has 169 valence electrons. The number of rotatable bonds is 3. The maximum absolute atomic E-state index is 7.33. The van der Waals surface area contributed by atoms with Gasteiger partial charge >= 0.3 is 0 Å². The van der Waals surface area contributed by atoms with Crippen molar-refractivity contribution in [3.63, 3.8) is 0 Å². The Morgan fingerprint density at radius 1 is 0.629 bits per heavy atom. The van der Waals surface area contributed by atoms with Crippen molar-refractivity contribution in [1.82, 2.24) is 9.97 Å². The van der Waals surface area contributed by atoms with E-state index in [1.54, 1.807) is 24.5 Å². The van der Waals surface area contributed by atoms with Crippen LogP contribution in [0.5, 0.6) is 0 Å². The van der Waals surface area contributed by atoms with Crippen LogP contribution in [0.3, 0.4) is 0 Å². The summed E-state index contributed by atoms with van der Waals surface area (Å²) in [4.78, 5) is 15.4. The molecular weight excluding hydrogens is 609 g/mol. The van der Waals surface area contributed by atoms with Crippen LogP contribution in [0.25, 0.3) is 43.3 Å². The van der Waals surface area contributed by atoms with Crippen molar-refractivity contribution in [2.45, 2.75) is 0 Å². The zero-order chi connectivity index (χ0) is 23.6. The van der Waals surface area contributed by atoms with Gasteiger partial charge in [-0.2, -0.15) is 6.07 Å². The molecule has 0 spiro atoms. The summed E-state index contributed by atoms with van der Waals surface area (Å²) in [5, 5.41) is 0. The summed E-state index contributed by atoms with van der Waals surface area (Å²) >= 11 is 0. The Kier molecular flexibility index (Phi) is 9.17. The molecule has 0 aliphatic rings. The van der Waals surface area contributed by atoms with E-state index >= 15 is 0 Å². The third-order valence-electron chi connectivity index (χ3n) is 4.95. The minimum Gasteiger partial charge on any atom is -0.305 e. The van der Waals surface area contributed by atoms with E-state index < -0.39 is 0 Å². The van der Waals surface area contributed by atoms with Crippen LogP contribution in [0.2, 0.25) is 0 Å². The maximum Gasteiger partial charge on any atom is 0.176 e. The van der Waals surface area contributed by atoms with Crippen molar-refractivity contribution in [1.29, 1.82) is 0 Å². The van der Waals surface area contributed by atoms with E-state index in [0.29, 0.717) is 22.6 Å². The second-order valence-corrected chi connectivity index (χ2v) is 7.10. The number of aromatic nitrogens is 2. The SMILES string of the molecule is [C-]#[N+]c1cc[c-]c(-c2cc(-c3ccccc3)ccn2)c1[N+]#[C-].[Ir].[c-]1ccccc1-c1ccccn1. The molecule has 3 aromatic carbocycles. The number of hydrogen-bond donors (Lipinski definition) is 0. The standard InChI is InChI=1S/C19H10N3.C11H8N.Ir/c1-20-17-10-6-9-16(19(17)21-2)18-13-15(11-12-22-18)14-7-4-3-5-8-14;1-2-6-10(7-3-1)11-8-4-5-9-12-11;/h3-8,10-13H;1-6,8-9H;/q2*-1;. The summed E-state index contributed by atoms with van der Waals surface area (Å²) < 4.78 is 0. The van der Waals surface area contributed by atoms with Crippen molar-refractivity contribution in [3.8, 4) is 33.6 Å². The molecular formula is C30H18IrN4-2. The van der Waals surface area contributed by atoms with E-state index in [1.807, 2.05) is 84.9 Å². The van der Waals surface area contributed by atoms with Crippen LogP contribution in [-0.4, -0.2) is 9.97 Å². The van der Waals surface area contributed by atoms with Crippen LogP contribution in [0.15, 0.2) is 109 Å². The smallest absolute Gasteiger partial charge is 0.176 e. The van der Waals surface area contributed by atoms with Gasteiger partial charge in [0.1, 0.15) is 0 Å². The van der Waals surface area contributed by atoms with Gasteiger partial charge in [-0.25, -0.2) is 0 Å². The minimum absolute atomic E-state index is 0.